The lowest BCUT2D eigenvalue weighted by atomic mass is 10.1. The average Bonchev–Trinajstić information content (AvgIpc) is 2.85. The molecule has 0 spiro atoms. The van der Waals surface area contributed by atoms with Gasteiger partial charge in [0.05, 0.1) is 7.11 Å². The normalized spacial score (nSPS) is 11.3. The minimum atomic E-state index is -0.689. The van der Waals surface area contributed by atoms with Gasteiger partial charge in [-0.2, -0.15) is 0 Å². The summed E-state index contributed by atoms with van der Waals surface area (Å²) in [5.41, 5.74) is 1.81. The van der Waals surface area contributed by atoms with Gasteiger partial charge in [0, 0.05) is 25.5 Å². The van der Waals surface area contributed by atoms with Gasteiger partial charge in [0.15, 0.2) is 6.61 Å². The van der Waals surface area contributed by atoms with Gasteiger partial charge in [0.1, 0.15) is 17.5 Å². The fraction of sp³-hybridized carbons (Fsp3) is 0.240. The molecule has 1 atom stereocenters. The first kappa shape index (κ1) is 22.8. The number of nitrogens with one attached hydrogen (secondary N) is 1. The molecule has 3 rings (SSSR count). The summed E-state index contributed by atoms with van der Waals surface area (Å²) >= 11 is 0. The minimum Gasteiger partial charge on any atom is -0.497 e. The smallest absolute Gasteiger partial charge is 0.261 e. The van der Waals surface area contributed by atoms with Crippen molar-refractivity contribution in [3.8, 4) is 11.5 Å². The van der Waals surface area contributed by atoms with Crippen LogP contribution in [0.5, 0.6) is 11.5 Å². The zero-order valence-corrected chi connectivity index (χ0v) is 18.2. The number of amides is 2. The van der Waals surface area contributed by atoms with Crippen LogP contribution in [0.1, 0.15) is 18.1 Å². The second kappa shape index (κ2) is 11.5. The van der Waals surface area contributed by atoms with Crippen molar-refractivity contribution in [3.63, 3.8) is 0 Å². The van der Waals surface area contributed by atoms with Crippen LogP contribution in [0, 0.1) is 0 Å². The van der Waals surface area contributed by atoms with Crippen molar-refractivity contribution in [3.05, 3.63) is 90.3 Å². The first-order valence-electron chi connectivity index (χ1n) is 10.3. The number of benzene rings is 2. The highest BCUT2D eigenvalue weighted by Crippen LogP contribution is 2.16. The van der Waals surface area contributed by atoms with Crippen molar-refractivity contribution < 1.29 is 19.1 Å². The molecular weight excluding hydrogens is 406 g/mol. The number of para-hydroxylation sites is 1. The third-order valence-electron chi connectivity index (χ3n) is 5.00. The maximum absolute atomic E-state index is 13.1. The number of hydrogen-bond donors (Lipinski definition) is 1. The number of methoxy groups -OCH3 is 1. The average molecular weight is 434 g/mol. The van der Waals surface area contributed by atoms with Crippen LogP contribution in [0.3, 0.4) is 0 Å². The molecule has 0 bridgehead atoms. The van der Waals surface area contributed by atoms with Gasteiger partial charge >= 0.3 is 0 Å². The van der Waals surface area contributed by atoms with Crippen molar-refractivity contribution >= 4 is 11.8 Å². The maximum atomic E-state index is 13.1. The summed E-state index contributed by atoms with van der Waals surface area (Å²) in [5.74, 6) is 0.793. The van der Waals surface area contributed by atoms with E-state index in [0.717, 1.165) is 16.9 Å². The fourth-order valence-corrected chi connectivity index (χ4v) is 3.09. The van der Waals surface area contributed by atoms with Crippen LogP contribution < -0.4 is 14.8 Å². The zero-order valence-electron chi connectivity index (χ0n) is 18.2. The molecule has 0 saturated carbocycles. The number of ether oxygens (including phenoxy) is 2. The lowest BCUT2D eigenvalue weighted by Gasteiger charge is -2.29. The van der Waals surface area contributed by atoms with Crippen molar-refractivity contribution in [2.45, 2.75) is 26.1 Å². The van der Waals surface area contributed by atoms with Crippen molar-refractivity contribution in [2.24, 2.45) is 0 Å². The van der Waals surface area contributed by atoms with Crippen LogP contribution in [-0.2, 0) is 22.7 Å². The molecule has 166 valence electrons. The van der Waals surface area contributed by atoms with Gasteiger partial charge in [-0.15, -0.1) is 0 Å². The Morgan fingerprint density at radius 1 is 0.938 bits per heavy atom. The summed E-state index contributed by atoms with van der Waals surface area (Å²) in [5, 5.41) is 2.89. The van der Waals surface area contributed by atoms with Gasteiger partial charge < -0.3 is 19.7 Å². The molecule has 0 aliphatic heterocycles. The Balaban J connectivity index is 1.69. The predicted octanol–water partition coefficient (Wildman–Crippen LogP) is 3.20. The largest absolute Gasteiger partial charge is 0.497 e. The Morgan fingerprint density at radius 2 is 1.62 bits per heavy atom. The zero-order chi connectivity index (χ0) is 22.8. The summed E-state index contributed by atoms with van der Waals surface area (Å²) in [6.45, 7) is 2.18. The van der Waals surface area contributed by atoms with E-state index in [1.54, 1.807) is 38.6 Å². The lowest BCUT2D eigenvalue weighted by molar-refractivity contribution is -0.142. The van der Waals surface area contributed by atoms with Crippen molar-refractivity contribution in [1.29, 1.82) is 0 Å². The molecule has 0 radical (unpaired) electrons. The number of carbonyl (C=O) groups is 2. The van der Waals surface area contributed by atoms with E-state index in [1.807, 2.05) is 54.6 Å². The molecule has 1 N–H and O–H groups in total. The Bertz CT molecular complexity index is 995. The molecule has 32 heavy (non-hydrogen) atoms. The molecule has 1 heterocycles. The lowest BCUT2D eigenvalue weighted by Crippen LogP contribution is -2.48. The van der Waals surface area contributed by atoms with Crippen LogP contribution in [0.25, 0.3) is 0 Å². The number of hydrogen-bond acceptors (Lipinski definition) is 5. The molecule has 0 aliphatic carbocycles. The van der Waals surface area contributed by atoms with Crippen LogP contribution in [0.15, 0.2) is 79.1 Å². The van der Waals surface area contributed by atoms with E-state index >= 15 is 0 Å². The van der Waals surface area contributed by atoms with E-state index < -0.39 is 6.04 Å². The molecule has 1 aromatic heterocycles. The molecule has 0 unspecified atom stereocenters. The van der Waals surface area contributed by atoms with Crippen molar-refractivity contribution in [1.82, 2.24) is 15.2 Å². The molecule has 3 aromatic rings. The van der Waals surface area contributed by atoms with E-state index in [4.69, 9.17) is 9.47 Å². The van der Waals surface area contributed by atoms with Gasteiger partial charge in [-0.3, -0.25) is 14.6 Å². The number of aromatic nitrogens is 1. The summed E-state index contributed by atoms with van der Waals surface area (Å²) in [7, 11) is 1.60. The monoisotopic (exact) mass is 433 g/mol. The van der Waals surface area contributed by atoms with E-state index in [9.17, 15) is 9.59 Å². The van der Waals surface area contributed by atoms with E-state index in [-0.39, 0.29) is 25.0 Å². The highest BCUT2D eigenvalue weighted by atomic mass is 16.5. The summed E-state index contributed by atoms with van der Waals surface area (Å²) in [6.07, 6.45) is 3.34. The Hall–Kier alpha value is -3.87. The SMILES string of the molecule is COc1ccc(CN(C(=O)COc2ccccc2)[C@@H](C)C(=O)NCc2ccncc2)cc1. The van der Waals surface area contributed by atoms with Crippen LogP contribution in [0.2, 0.25) is 0 Å². The van der Waals surface area contributed by atoms with E-state index in [2.05, 4.69) is 10.3 Å². The Kier molecular flexibility index (Phi) is 8.20. The van der Waals surface area contributed by atoms with Crippen LogP contribution in [-0.4, -0.2) is 41.5 Å². The number of pyridine rings is 1. The first-order valence-corrected chi connectivity index (χ1v) is 10.3. The number of nitrogens with zero attached hydrogens (tertiary/aromatic N) is 2. The first-order chi connectivity index (χ1) is 15.6. The second-order valence-electron chi connectivity index (χ2n) is 7.22. The van der Waals surface area contributed by atoms with Crippen LogP contribution >= 0.6 is 0 Å². The standard InChI is InChI=1S/C25H27N3O4/c1-19(25(30)27-16-20-12-14-26-15-13-20)28(17-21-8-10-22(31-2)11-9-21)24(29)18-32-23-6-4-3-5-7-23/h3-15,19H,16-18H2,1-2H3,(H,27,30)/t19-/m0/s1. The quantitative estimate of drug-likeness (QED) is 0.531. The highest BCUT2D eigenvalue weighted by Gasteiger charge is 2.26. The third kappa shape index (κ3) is 6.57. The Morgan fingerprint density at radius 3 is 2.28 bits per heavy atom. The topological polar surface area (TPSA) is 80.8 Å². The third-order valence-corrected chi connectivity index (χ3v) is 5.00. The van der Waals surface area contributed by atoms with Gasteiger partial charge in [-0.1, -0.05) is 30.3 Å². The molecular formula is C25H27N3O4. The van der Waals surface area contributed by atoms with Gasteiger partial charge in [-0.25, -0.2) is 0 Å². The van der Waals surface area contributed by atoms with E-state index in [1.165, 1.54) is 4.90 Å². The van der Waals surface area contributed by atoms with Crippen LogP contribution in [0.4, 0.5) is 0 Å². The number of rotatable bonds is 10. The molecule has 2 amide bonds. The van der Waals surface area contributed by atoms with Crippen molar-refractivity contribution in [2.75, 3.05) is 13.7 Å². The maximum Gasteiger partial charge on any atom is 0.261 e. The second-order valence-corrected chi connectivity index (χ2v) is 7.22. The molecule has 7 nitrogen and oxygen atoms in total. The minimum absolute atomic E-state index is 0.165. The van der Waals surface area contributed by atoms with Gasteiger partial charge in [0.2, 0.25) is 5.91 Å². The molecule has 0 fully saturated rings. The summed E-state index contributed by atoms with van der Waals surface area (Å²) < 4.78 is 10.8. The molecule has 0 aliphatic rings. The molecule has 2 aromatic carbocycles. The summed E-state index contributed by atoms with van der Waals surface area (Å²) in [4.78, 5) is 31.4. The molecule has 0 saturated heterocycles. The van der Waals surface area contributed by atoms with E-state index in [0.29, 0.717) is 12.3 Å². The van der Waals surface area contributed by atoms with Gasteiger partial charge in [-0.05, 0) is 54.4 Å². The highest BCUT2D eigenvalue weighted by molar-refractivity contribution is 5.87. The predicted molar refractivity (Wildman–Crippen MR) is 121 cm³/mol. The number of carbonyl (C=O) groups excluding carboxylic acids is 2. The Labute approximate surface area is 188 Å². The molecule has 7 heteroatoms. The fourth-order valence-electron chi connectivity index (χ4n) is 3.09. The van der Waals surface area contributed by atoms with Gasteiger partial charge in [0.25, 0.3) is 5.91 Å². The summed E-state index contributed by atoms with van der Waals surface area (Å²) in [6, 6.07) is 19.5.